The summed E-state index contributed by atoms with van der Waals surface area (Å²) in [7, 11) is 0. The van der Waals surface area contributed by atoms with Crippen LogP contribution in [0.25, 0.3) is 0 Å². The van der Waals surface area contributed by atoms with Crippen molar-refractivity contribution < 1.29 is 48.9 Å². The Hall–Kier alpha value is 0.390. The van der Waals surface area contributed by atoms with Gasteiger partial charge in [0.05, 0.1) is 25.8 Å². The van der Waals surface area contributed by atoms with Crippen LogP contribution < -0.4 is 34.7 Å². The van der Waals surface area contributed by atoms with E-state index in [0.717, 1.165) is 13.0 Å². The second-order valence-corrected chi connectivity index (χ2v) is 7.34. The third-order valence-electron chi connectivity index (χ3n) is 4.73. The zero-order valence-electron chi connectivity index (χ0n) is 18.3. The topological polar surface area (TPSA) is 58.6 Å². The molecule has 0 amide bonds. The number of hydrogen-bond donors (Lipinski definition) is 0. The van der Waals surface area contributed by atoms with E-state index >= 15 is 0 Å². The predicted octanol–water partition coefficient (Wildman–Crippen LogP) is 2.04. The van der Waals surface area contributed by atoms with E-state index in [-0.39, 0.29) is 36.2 Å². The summed E-state index contributed by atoms with van der Waals surface area (Å²) in [5, 5.41) is 10.1. The number of unbranched alkanes of at least 4 members (excludes halogenated alkanes) is 15. The van der Waals surface area contributed by atoms with Gasteiger partial charge < -0.3 is 19.4 Å². The van der Waals surface area contributed by atoms with Crippen LogP contribution in [-0.2, 0) is 14.3 Å². The molecule has 0 saturated heterocycles. The summed E-state index contributed by atoms with van der Waals surface area (Å²) in [6.45, 7) is 3.46. The summed E-state index contributed by atoms with van der Waals surface area (Å²) in [5.41, 5.74) is 0. The molecule has 0 N–H and O–H groups in total. The van der Waals surface area contributed by atoms with Gasteiger partial charge in [-0.25, -0.2) is 0 Å². The number of rotatable bonds is 22. The number of hydrogen-bond acceptors (Lipinski definition) is 4. The zero-order valence-corrected chi connectivity index (χ0v) is 20.3. The van der Waals surface area contributed by atoms with Crippen LogP contribution in [0.4, 0.5) is 0 Å². The number of carbonyl (C=O) groups is 1. The molecule has 0 unspecified atom stereocenters. The fourth-order valence-electron chi connectivity index (χ4n) is 3.13. The van der Waals surface area contributed by atoms with Gasteiger partial charge in [0.2, 0.25) is 0 Å². The minimum atomic E-state index is -1.18. The molecule has 0 radical (unpaired) electrons. The molecule has 0 aromatic heterocycles. The standard InChI is InChI=1S/C22H44O4.Na/c1-2-3-4-5-6-7-8-9-10-11-12-13-14-15-16-17-18-25-19-20-26-21-22(23)24;/h2-21H2,1H3,(H,23,24);/q;+1/p-1. The van der Waals surface area contributed by atoms with E-state index in [4.69, 9.17) is 9.47 Å². The summed E-state index contributed by atoms with van der Waals surface area (Å²) in [5.74, 6) is -1.18. The minimum Gasteiger partial charge on any atom is -0.548 e. The van der Waals surface area contributed by atoms with Gasteiger partial charge in [0.25, 0.3) is 0 Å². The SMILES string of the molecule is CCCCCCCCCCCCCCCCCCOCCOCC(=O)[O-].[Na+]. The van der Waals surface area contributed by atoms with Gasteiger partial charge in [0, 0.05) is 6.61 Å². The molecule has 0 aliphatic heterocycles. The van der Waals surface area contributed by atoms with Crippen LogP contribution in [-0.4, -0.2) is 32.4 Å². The minimum absolute atomic E-state index is 0. The molecule has 4 nitrogen and oxygen atoms in total. The molecule has 0 aromatic carbocycles. The van der Waals surface area contributed by atoms with Crippen LogP contribution in [0.15, 0.2) is 0 Å². The Balaban J connectivity index is 0. The summed E-state index contributed by atoms with van der Waals surface area (Å²) in [6.07, 6.45) is 21.9. The molecule has 5 heteroatoms. The Kier molecular flexibility index (Phi) is 28.9. The van der Waals surface area contributed by atoms with Crippen molar-refractivity contribution >= 4 is 5.97 Å². The van der Waals surface area contributed by atoms with Gasteiger partial charge in [-0.2, -0.15) is 0 Å². The van der Waals surface area contributed by atoms with Crippen LogP contribution in [0.5, 0.6) is 0 Å². The number of carboxylic acids is 1. The number of aliphatic carboxylic acids is 1. The van der Waals surface area contributed by atoms with E-state index in [1.54, 1.807) is 0 Å². The molecule has 0 heterocycles. The van der Waals surface area contributed by atoms with Crippen molar-refractivity contribution in [1.82, 2.24) is 0 Å². The molecule has 0 atom stereocenters. The van der Waals surface area contributed by atoms with Crippen molar-refractivity contribution in [2.45, 2.75) is 110 Å². The van der Waals surface area contributed by atoms with Crippen molar-refractivity contribution in [3.8, 4) is 0 Å². The summed E-state index contributed by atoms with van der Waals surface area (Å²) in [4.78, 5) is 10.1. The molecule has 0 aromatic rings. The fourth-order valence-corrected chi connectivity index (χ4v) is 3.13. The van der Waals surface area contributed by atoms with Crippen molar-refractivity contribution in [3.63, 3.8) is 0 Å². The summed E-state index contributed by atoms with van der Waals surface area (Å²) in [6, 6.07) is 0. The van der Waals surface area contributed by atoms with Gasteiger partial charge in [-0.3, -0.25) is 0 Å². The van der Waals surface area contributed by atoms with Gasteiger partial charge in [-0.1, -0.05) is 103 Å². The third kappa shape index (κ3) is 28.7. The van der Waals surface area contributed by atoms with Crippen molar-refractivity contribution in [1.29, 1.82) is 0 Å². The van der Waals surface area contributed by atoms with Crippen LogP contribution in [0.3, 0.4) is 0 Å². The Morgan fingerprint density at radius 3 is 1.37 bits per heavy atom. The van der Waals surface area contributed by atoms with Gasteiger partial charge >= 0.3 is 29.6 Å². The maximum absolute atomic E-state index is 10.1. The molecule has 0 rings (SSSR count). The largest absolute Gasteiger partial charge is 1.00 e. The van der Waals surface area contributed by atoms with E-state index in [0.29, 0.717) is 13.2 Å². The van der Waals surface area contributed by atoms with Gasteiger partial charge in [0.1, 0.15) is 0 Å². The predicted molar refractivity (Wildman–Crippen MR) is 106 cm³/mol. The van der Waals surface area contributed by atoms with E-state index in [2.05, 4.69) is 6.92 Å². The second-order valence-electron chi connectivity index (χ2n) is 7.34. The fraction of sp³-hybridized carbons (Fsp3) is 0.955. The van der Waals surface area contributed by atoms with E-state index in [9.17, 15) is 9.90 Å². The number of ether oxygens (including phenoxy) is 2. The van der Waals surface area contributed by atoms with Crippen molar-refractivity contribution in [3.05, 3.63) is 0 Å². The van der Waals surface area contributed by atoms with Gasteiger partial charge in [-0.15, -0.1) is 0 Å². The number of carboxylic acid groups (broad SMARTS) is 1. The molecule has 0 spiro atoms. The average molecular weight is 395 g/mol. The first kappa shape index (κ1) is 29.6. The Bertz CT molecular complexity index is 287. The Morgan fingerprint density at radius 2 is 0.963 bits per heavy atom. The van der Waals surface area contributed by atoms with Crippen LogP contribution in [0.2, 0.25) is 0 Å². The van der Waals surface area contributed by atoms with Crippen molar-refractivity contribution in [2.24, 2.45) is 0 Å². The molecule has 0 aliphatic carbocycles. The van der Waals surface area contributed by atoms with Crippen LogP contribution >= 0.6 is 0 Å². The maximum Gasteiger partial charge on any atom is 1.00 e. The first-order valence-electron chi connectivity index (χ1n) is 11.1. The molecule has 0 aliphatic rings. The summed E-state index contributed by atoms with van der Waals surface area (Å²) < 4.78 is 10.2. The normalized spacial score (nSPS) is 10.7. The van der Waals surface area contributed by atoms with E-state index < -0.39 is 5.97 Å². The molecule has 156 valence electrons. The Labute approximate surface area is 190 Å². The van der Waals surface area contributed by atoms with Crippen LogP contribution in [0, 0.1) is 0 Å². The average Bonchev–Trinajstić information content (AvgIpc) is 2.62. The number of carbonyl (C=O) groups excluding carboxylic acids is 1. The van der Waals surface area contributed by atoms with E-state index in [1.165, 1.54) is 96.3 Å². The molecule has 27 heavy (non-hydrogen) atoms. The van der Waals surface area contributed by atoms with E-state index in [1.807, 2.05) is 0 Å². The first-order chi connectivity index (χ1) is 12.8. The molecule has 0 saturated carbocycles. The maximum atomic E-state index is 10.1. The van der Waals surface area contributed by atoms with Crippen molar-refractivity contribution in [2.75, 3.05) is 26.4 Å². The zero-order chi connectivity index (χ0) is 19.1. The molecule has 0 bridgehead atoms. The van der Waals surface area contributed by atoms with Gasteiger partial charge in [0.15, 0.2) is 0 Å². The second kappa shape index (κ2) is 26.4. The van der Waals surface area contributed by atoms with Gasteiger partial charge in [-0.05, 0) is 6.42 Å². The monoisotopic (exact) mass is 394 g/mol. The van der Waals surface area contributed by atoms with Crippen LogP contribution in [0.1, 0.15) is 110 Å². The Morgan fingerprint density at radius 1 is 0.593 bits per heavy atom. The molecular weight excluding hydrogens is 351 g/mol. The summed E-state index contributed by atoms with van der Waals surface area (Å²) >= 11 is 0. The molecular formula is C22H43NaO4. The third-order valence-corrected chi connectivity index (χ3v) is 4.73. The smallest absolute Gasteiger partial charge is 0.548 e. The first-order valence-corrected chi connectivity index (χ1v) is 11.1. The molecule has 0 fully saturated rings. The quantitative estimate of drug-likeness (QED) is 0.208.